The van der Waals surface area contributed by atoms with Gasteiger partial charge < -0.3 is 20.7 Å². The number of carbonyl (C=O) groups is 1. The highest BCUT2D eigenvalue weighted by atomic mass is 127. The molecule has 1 aliphatic carbocycles. The third-order valence-corrected chi connectivity index (χ3v) is 6.25. The van der Waals surface area contributed by atoms with Crippen LogP contribution in [-0.2, 0) is 16.1 Å². The summed E-state index contributed by atoms with van der Waals surface area (Å²) >= 11 is 0. The monoisotopic (exact) mass is 543 g/mol. The SMILES string of the molecule is CN=C(NCCC(=O)NCc1ccccc1)NCC1(N2CCOCC2)CCCCC1.I. The van der Waals surface area contributed by atoms with Crippen molar-refractivity contribution in [2.45, 2.75) is 50.6 Å². The van der Waals surface area contributed by atoms with Gasteiger partial charge >= 0.3 is 0 Å². The number of hydrogen-bond donors (Lipinski definition) is 3. The first-order valence-corrected chi connectivity index (χ1v) is 11.3. The van der Waals surface area contributed by atoms with Gasteiger partial charge in [-0.1, -0.05) is 49.6 Å². The number of rotatable bonds is 8. The first-order valence-electron chi connectivity index (χ1n) is 11.3. The molecule has 0 atom stereocenters. The van der Waals surface area contributed by atoms with E-state index in [1.54, 1.807) is 7.05 Å². The highest BCUT2D eigenvalue weighted by Gasteiger charge is 2.38. The van der Waals surface area contributed by atoms with Crippen molar-refractivity contribution in [1.29, 1.82) is 0 Å². The minimum Gasteiger partial charge on any atom is -0.379 e. The Morgan fingerprint density at radius 3 is 2.45 bits per heavy atom. The first-order chi connectivity index (χ1) is 14.7. The second-order valence-corrected chi connectivity index (χ2v) is 8.25. The number of halogens is 1. The molecule has 0 bridgehead atoms. The van der Waals surface area contributed by atoms with Crippen LogP contribution >= 0.6 is 24.0 Å². The van der Waals surface area contributed by atoms with Crippen molar-refractivity contribution in [2.75, 3.05) is 46.4 Å². The zero-order chi connectivity index (χ0) is 21.1. The van der Waals surface area contributed by atoms with Gasteiger partial charge in [-0.05, 0) is 18.4 Å². The highest BCUT2D eigenvalue weighted by molar-refractivity contribution is 14.0. The molecule has 1 amide bonds. The number of guanidine groups is 1. The lowest BCUT2D eigenvalue weighted by atomic mass is 9.80. The minimum absolute atomic E-state index is 0. The maximum Gasteiger partial charge on any atom is 0.222 e. The molecule has 3 rings (SSSR count). The van der Waals surface area contributed by atoms with Gasteiger partial charge in [-0.25, -0.2) is 0 Å². The van der Waals surface area contributed by atoms with Crippen LogP contribution in [0.5, 0.6) is 0 Å². The van der Waals surface area contributed by atoms with Crippen LogP contribution in [0, 0.1) is 0 Å². The predicted octanol–water partition coefficient (Wildman–Crippen LogP) is 2.51. The highest BCUT2D eigenvalue weighted by Crippen LogP contribution is 2.33. The number of carbonyl (C=O) groups excluding carboxylic acids is 1. The summed E-state index contributed by atoms with van der Waals surface area (Å²) in [5, 5.41) is 9.79. The van der Waals surface area contributed by atoms with E-state index >= 15 is 0 Å². The lowest BCUT2D eigenvalue weighted by molar-refractivity contribution is -0.121. The van der Waals surface area contributed by atoms with Crippen LogP contribution in [-0.4, -0.2) is 68.7 Å². The lowest BCUT2D eigenvalue weighted by Crippen LogP contribution is -2.60. The van der Waals surface area contributed by atoms with Crippen LogP contribution in [0.4, 0.5) is 0 Å². The molecule has 3 N–H and O–H groups in total. The van der Waals surface area contributed by atoms with Crippen molar-refractivity contribution >= 4 is 35.8 Å². The topological polar surface area (TPSA) is 78.0 Å². The van der Waals surface area contributed by atoms with Gasteiger partial charge in [-0.3, -0.25) is 14.7 Å². The molecule has 0 unspecified atom stereocenters. The van der Waals surface area contributed by atoms with Crippen molar-refractivity contribution in [2.24, 2.45) is 4.99 Å². The summed E-state index contributed by atoms with van der Waals surface area (Å²) < 4.78 is 5.57. The number of morpholine rings is 1. The first kappa shape index (κ1) is 25.9. The average Bonchev–Trinajstić information content (AvgIpc) is 2.82. The zero-order valence-corrected chi connectivity index (χ0v) is 21.0. The van der Waals surface area contributed by atoms with E-state index < -0.39 is 0 Å². The number of nitrogens with one attached hydrogen (secondary N) is 3. The largest absolute Gasteiger partial charge is 0.379 e. The Bertz CT molecular complexity index is 674. The van der Waals surface area contributed by atoms with Crippen LogP contribution in [0.3, 0.4) is 0 Å². The van der Waals surface area contributed by atoms with Crippen LogP contribution in [0.15, 0.2) is 35.3 Å². The quantitative estimate of drug-likeness (QED) is 0.267. The standard InChI is InChI=1S/C23H37N5O2.HI/c1-24-22(25-13-10-21(29)26-18-20-8-4-2-5-9-20)27-19-23(11-6-3-7-12-23)28-14-16-30-17-15-28;/h2,4-5,8-9H,3,6-7,10-19H2,1H3,(H,26,29)(H2,24,25,27);1H. The molecule has 31 heavy (non-hydrogen) atoms. The van der Waals surface area contributed by atoms with Crippen molar-refractivity contribution in [3.63, 3.8) is 0 Å². The molecule has 1 saturated carbocycles. The van der Waals surface area contributed by atoms with Crippen LogP contribution in [0.2, 0.25) is 0 Å². The number of aliphatic imine (C=N–C) groups is 1. The summed E-state index contributed by atoms with van der Waals surface area (Å²) in [5.74, 6) is 0.808. The Morgan fingerprint density at radius 1 is 1.06 bits per heavy atom. The second-order valence-electron chi connectivity index (χ2n) is 8.25. The molecule has 1 aromatic carbocycles. The van der Waals surface area contributed by atoms with Gasteiger partial charge in [-0.15, -0.1) is 24.0 Å². The molecule has 8 heteroatoms. The Kier molecular flexibility index (Phi) is 11.6. The Morgan fingerprint density at radius 2 is 1.77 bits per heavy atom. The van der Waals surface area contributed by atoms with Crippen molar-refractivity contribution < 1.29 is 9.53 Å². The lowest BCUT2D eigenvalue weighted by Gasteiger charge is -2.48. The summed E-state index contributed by atoms with van der Waals surface area (Å²) in [7, 11) is 1.78. The Labute approximate surface area is 203 Å². The summed E-state index contributed by atoms with van der Waals surface area (Å²) in [6.07, 6.45) is 6.76. The molecule has 1 aromatic rings. The van der Waals surface area contributed by atoms with Gasteiger partial charge in [0.15, 0.2) is 5.96 Å². The number of amides is 1. The minimum atomic E-state index is 0. The summed E-state index contributed by atoms with van der Waals surface area (Å²) in [4.78, 5) is 19.1. The predicted molar refractivity (Wildman–Crippen MR) is 136 cm³/mol. The summed E-state index contributed by atoms with van der Waals surface area (Å²) in [5.41, 5.74) is 1.30. The smallest absolute Gasteiger partial charge is 0.222 e. The molecule has 0 aromatic heterocycles. The fraction of sp³-hybridized carbons (Fsp3) is 0.652. The number of benzene rings is 1. The van der Waals surface area contributed by atoms with E-state index in [4.69, 9.17) is 4.74 Å². The van der Waals surface area contributed by atoms with Crippen molar-refractivity contribution in [1.82, 2.24) is 20.9 Å². The number of nitrogens with zero attached hydrogens (tertiary/aromatic N) is 2. The third kappa shape index (κ3) is 8.23. The summed E-state index contributed by atoms with van der Waals surface area (Å²) in [6, 6.07) is 9.97. The fourth-order valence-corrected chi connectivity index (χ4v) is 4.50. The molecule has 1 heterocycles. The van der Waals surface area contributed by atoms with E-state index in [0.29, 0.717) is 19.5 Å². The maximum atomic E-state index is 12.1. The molecule has 1 saturated heterocycles. The number of hydrogen-bond acceptors (Lipinski definition) is 4. The van der Waals surface area contributed by atoms with E-state index in [-0.39, 0.29) is 35.4 Å². The van der Waals surface area contributed by atoms with Gasteiger partial charge in [0.1, 0.15) is 0 Å². The van der Waals surface area contributed by atoms with Gasteiger partial charge in [0.25, 0.3) is 0 Å². The molecule has 1 aliphatic heterocycles. The second kappa shape index (κ2) is 13.9. The summed E-state index contributed by atoms with van der Waals surface area (Å²) in [6.45, 7) is 5.68. The molecule has 0 spiro atoms. The molecule has 174 valence electrons. The van der Waals surface area contributed by atoms with Gasteiger partial charge in [-0.2, -0.15) is 0 Å². The Balaban J connectivity index is 0.00000341. The average molecular weight is 543 g/mol. The van der Waals surface area contributed by atoms with E-state index in [1.807, 2.05) is 30.3 Å². The van der Waals surface area contributed by atoms with Crippen LogP contribution in [0.25, 0.3) is 0 Å². The van der Waals surface area contributed by atoms with E-state index in [0.717, 1.165) is 44.4 Å². The Hall–Kier alpha value is -1.39. The van der Waals surface area contributed by atoms with E-state index in [9.17, 15) is 4.79 Å². The normalized spacial score (nSPS) is 19.2. The molecule has 2 fully saturated rings. The van der Waals surface area contributed by atoms with Gasteiger partial charge in [0.05, 0.1) is 13.2 Å². The van der Waals surface area contributed by atoms with Crippen molar-refractivity contribution in [3.05, 3.63) is 35.9 Å². The maximum absolute atomic E-state index is 12.1. The van der Waals surface area contributed by atoms with Crippen LogP contribution < -0.4 is 16.0 Å². The van der Waals surface area contributed by atoms with Crippen LogP contribution in [0.1, 0.15) is 44.1 Å². The molecular weight excluding hydrogens is 505 g/mol. The number of ether oxygens (including phenoxy) is 1. The fourth-order valence-electron chi connectivity index (χ4n) is 4.50. The van der Waals surface area contributed by atoms with Crippen molar-refractivity contribution in [3.8, 4) is 0 Å². The molecule has 0 radical (unpaired) electrons. The molecular formula is C23H38IN5O2. The van der Waals surface area contributed by atoms with Gasteiger partial charge in [0.2, 0.25) is 5.91 Å². The van der Waals surface area contributed by atoms with E-state index in [1.165, 1.54) is 32.1 Å². The molecule has 2 aliphatic rings. The van der Waals surface area contributed by atoms with Gasteiger partial charge in [0, 0.05) is 51.7 Å². The third-order valence-electron chi connectivity index (χ3n) is 6.25. The molecule has 7 nitrogen and oxygen atoms in total. The van der Waals surface area contributed by atoms with E-state index in [2.05, 4.69) is 25.8 Å². The zero-order valence-electron chi connectivity index (χ0n) is 18.7.